The normalized spacial score (nSPS) is 10.8. The lowest BCUT2D eigenvalue weighted by atomic mass is 10.1. The number of methoxy groups -OCH3 is 1. The van der Waals surface area contributed by atoms with Crippen LogP contribution in [0.1, 0.15) is 10.4 Å². The summed E-state index contributed by atoms with van der Waals surface area (Å²) in [6.07, 6.45) is 0. The molecule has 5 aromatic rings. The molecule has 0 bridgehead atoms. The quantitative estimate of drug-likeness (QED) is 0.326. The van der Waals surface area contributed by atoms with Crippen molar-refractivity contribution in [2.24, 2.45) is 0 Å². The zero-order valence-electron chi connectivity index (χ0n) is 17.4. The van der Waals surface area contributed by atoms with Gasteiger partial charge < -0.3 is 4.74 Å². The highest BCUT2D eigenvalue weighted by atomic mass is 32.1. The number of amides is 1. The number of thiazole rings is 1. The number of carbonyl (C=O) groups is 1. The van der Waals surface area contributed by atoms with Crippen LogP contribution in [0.2, 0.25) is 0 Å². The molecule has 5 rings (SSSR count). The highest BCUT2D eigenvalue weighted by molar-refractivity contribution is 7.19. The third kappa shape index (κ3) is 3.86. The second kappa shape index (κ2) is 8.65. The fraction of sp³-hybridized carbons (Fsp3) is 0.0370. The first-order valence-corrected chi connectivity index (χ1v) is 11.0. The first-order chi connectivity index (χ1) is 15.7. The predicted molar refractivity (Wildman–Crippen MR) is 131 cm³/mol. The van der Waals surface area contributed by atoms with Crippen LogP contribution in [-0.2, 0) is 0 Å². The van der Waals surface area contributed by atoms with Gasteiger partial charge in [-0.15, -0.1) is 0 Å². The molecular weight excluding hydrogens is 416 g/mol. The molecule has 1 heterocycles. The van der Waals surface area contributed by atoms with E-state index in [1.54, 1.807) is 7.11 Å². The number of nitrogens with zero attached hydrogens (tertiary/aromatic N) is 1. The van der Waals surface area contributed by atoms with E-state index in [0.29, 0.717) is 16.4 Å². The maximum Gasteiger partial charge on any atom is 0.261 e. The molecule has 4 aromatic carbocycles. The Morgan fingerprint density at radius 2 is 1.41 bits per heavy atom. The molecule has 0 aliphatic heterocycles. The van der Waals surface area contributed by atoms with Crippen LogP contribution in [-0.4, -0.2) is 18.0 Å². The highest BCUT2D eigenvalue weighted by Gasteiger charge is 2.19. The van der Waals surface area contributed by atoms with Crippen LogP contribution in [0.15, 0.2) is 97.1 Å². The second-order valence-corrected chi connectivity index (χ2v) is 8.28. The van der Waals surface area contributed by atoms with Crippen LogP contribution in [0.4, 0.5) is 5.13 Å². The predicted octanol–water partition coefficient (Wildman–Crippen LogP) is 6.89. The minimum Gasteiger partial charge on any atom is -0.496 e. The third-order valence-electron chi connectivity index (χ3n) is 5.24. The van der Waals surface area contributed by atoms with E-state index >= 15 is 0 Å². The number of hydrogen-bond donors (Lipinski definition) is 1. The van der Waals surface area contributed by atoms with Crippen LogP contribution in [0, 0.1) is 0 Å². The van der Waals surface area contributed by atoms with Gasteiger partial charge >= 0.3 is 0 Å². The van der Waals surface area contributed by atoms with Crippen molar-refractivity contribution in [1.29, 1.82) is 0 Å². The minimum absolute atomic E-state index is 0.249. The van der Waals surface area contributed by atoms with E-state index in [1.165, 1.54) is 11.3 Å². The number of carbonyl (C=O) groups excluding carboxylic acids is 1. The lowest BCUT2D eigenvalue weighted by molar-refractivity contribution is 0.102. The van der Waals surface area contributed by atoms with Gasteiger partial charge in [0, 0.05) is 5.56 Å². The Morgan fingerprint density at radius 1 is 0.812 bits per heavy atom. The average molecular weight is 437 g/mol. The van der Waals surface area contributed by atoms with Gasteiger partial charge in [-0.25, -0.2) is 4.98 Å². The Balaban J connectivity index is 1.54. The Labute approximate surface area is 190 Å². The number of hydrogen-bond acceptors (Lipinski definition) is 4. The molecule has 0 fully saturated rings. The van der Waals surface area contributed by atoms with E-state index in [4.69, 9.17) is 9.72 Å². The van der Waals surface area contributed by atoms with Crippen molar-refractivity contribution in [3.8, 4) is 27.4 Å². The molecular formula is C27H20N2O2S. The van der Waals surface area contributed by atoms with Crippen LogP contribution >= 0.6 is 11.3 Å². The molecule has 32 heavy (non-hydrogen) atoms. The van der Waals surface area contributed by atoms with Crippen LogP contribution in [0.5, 0.6) is 5.75 Å². The van der Waals surface area contributed by atoms with Crippen molar-refractivity contribution >= 4 is 33.1 Å². The summed E-state index contributed by atoms with van der Waals surface area (Å²) in [6.45, 7) is 0. The molecule has 0 aliphatic rings. The standard InChI is InChI=1S/C27H20N2O2S/c1-31-23-17-21-15-9-8-14-20(21)16-22(23)26(30)29-27-28-24(18-10-4-2-5-11-18)25(32-27)19-12-6-3-7-13-19/h2-17H,1H3,(H,28,29,30). The van der Waals surface area contributed by atoms with Crippen LogP contribution in [0.25, 0.3) is 32.5 Å². The molecule has 0 saturated carbocycles. The maximum absolute atomic E-state index is 13.2. The van der Waals surface area contributed by atoms with E-state index in [2.05, 4.69) is 17.4 Å². The molecule has 0 unspecified atom stereocenters. The second-order valence-electron chi connectivity index (χ2n) is 7.28. The Kier molecular flexibility index (Phi) is 5.40. The van der Waals surface area contributed by atoms with E-state index in [9.17, 15) is 4.79 Å². The van der Waals surface area contributed by atoms with Gasteiger partial charge in [-0.05, 0) is 28.5 Å². The highest BCUT2D eigenvalue weighted by Crippen LogP contribution is 2.39. The SMILES string of the molecule is COc1cc2ccccc2cc1C(=O)Nc1nc(-c2ccccc2)c(-c2ccccc2)s1. The molecule has 0 radical (unpaired) electrons. The largest absolute Gasteiger partial charge is 0.496 e. The number of aromatic nitrogens is 1. The molecule has 0 aliphatic carbocycles. The molecule has 1 aromatic heterocycles. The molecule has 1 N–H and O–H groups in total. The summed E-state index contributed by atoms with van der Waals surface area (Å²) in [4.78, 5) is 19.0. The Morgan fingerprint density at radius 3 is 2.06 bits per heavy atom. The van der Waals surface area contributed by atoms with E-state index in [1.807, 2.05) is 84.9 Å². The topological polar surface area (TPSA) is 51.2 Å². The van der Waals surface area contributed by atoms with Gasteiger partial charge in [0.05, 0.1) is 23.2 Å². The lowest BCUT2D eigenvalue weighted by Gasteiger charge is -2.10. The van der Waals surface area contributed by atoms with Gasteiger partial charge in [-0.2, -0.15) is 0 Å². The molecule has 0 saturated heterocycles. The summed E-state index contributed by atoms with van der Waals surface area (Å²) >= 11 is 1.46. The van der Waals surface area contributed by atoms with Gasteiger partial charge in [-0.1, -0.05) is 96.3 Å². The molecule has 156 valence electrons. The van der Waals surface area contributed by atoms with Gasteiger partial charge in [0.25, 0.3) is 5.91 Å². The molecule has 0 spiro atoms. The monoisotopic (exact) mass is 436 g/mol. The Bertz CT molecular complexity index is 1340. The van der Waals surface area contributed by atoms with Gasteiger partial charge in [0.1, 0.15) is 5.75 Å². The maximum atomic E-state index is 13.2. The summed E-state index contributed by atoms with van der Waals surface area (Å²) in [7, 11) is 1.57. The fourth-order valence-electron chi connectivity index (χ4n) is 3.68. The van der Waals surface area contributed by atoms with Crippen molar-refractivity contribution in [2.75, 3.05) is 12.4 Å². The van der Waals surface area contributed by atoms with Crippen LogP contribution in [0.3, 0.4) is 0 Å². The fourth-order valence-corrected chi connectivity index (χ4v) is 4.67. The summed E-state index contributed by atoms with van der Waals surface area (Å²) in [5.74, 6) is 0.282. The van der Waals surface area contributed by atoms with Gasteiger partial charge in [-0.3, -0.25) is 10.1 Å². The molecule has 5 heteroatoms. The third-order valence-corrected chi connectivity index (χ3v) is 6.26. The number of fused-ring (bicyclic) bond motifs is 1. The first kappa shape index (κ1) is 20.0. The summed E-state index contributed by atoms with van der Waals surface area (Å²) in [5.41, 5.74) is 3.39. The number of rotatable bonds is 5. The molecule has 4 nitrogen and oxygen atoms in total. The summed E-state index contributed by atoms with van der Waals surface area (Å²) < 4.78 is 5.50. The minimum atomic E-state index is -0.249. The molecule has 0 atom stereocenters. The van der Waals surface area contributed by atoms with Crippen molar-refractivity contribution in [2.45, 2.75) is 0 Å². The number of nitrogens with one attached hydrogen (secondary N) is 1. The summed E-state index contributed by atoms with van der Waals surface area (Å²) in [5, 5.41) is 5.53. The van der Waals surface area contributed by atoms with Gasteiger partial charge in [0.15, 0.2) is 5.13 Å². The first-order valence-electron chi connectivity index (χ1n) is 10.2. The number of anilines is 1. The zero-order valence-corrected chi connectivity index (χ0v) is 18.2. The molecule has 1 amide bonds. The average Bonchev–Trinajstić information content (AvgIpc) is 3.28. The Hall–Kier alpha value is -3.96. The zero-order chi connectivity index (χ0) is 21.9. The smallest absolute Gasteiger partial charge is 0.261 e. The van der Waals surface area contributed by atoms with Crippen LogP contribution < -0.4 is 10.1 Å². The lowest BCUT2D eigenvalue weighted by Crippen LogP contribution is -2.13. The van der Waals surface area contributed by atoms with Crippen molar-refractivity contribution in [3.05, 3.63) is 103 Å². The van der Waals surface area contributed by atoms with Gasteiger partial charge in [0.2, 0.25) is 0 Å². The van der Waals surface area contributed by atoms with Crippen molar-refractivity contribution in [1.82, 2.24) is 4.98 Å². The number of ether oxygens (including phenoxy) is 1. The summed E-state index contributed by atoms with van der Waals surface area (Å²) in [6, 6.07) is 31.7. The van der Waals surface area contributed by atoms with E-state index in [0.717, 1.165) is 32.5 Å². The van der Waals surface area contributed by atoms with Crippen molar-refractivity contribution < 1.29 is 9.53 Å². The number of benzene rings is 4. The van der Waals surface area contributed by atoms with Crippen molar-refractivity contribution in [3.63, 3.8) is 0 Å². The van der Waals surface area contributed by atoms with E-state index < -0.39 is 0 Å². The van der Waals surface area contributed by atoms with E-state index in [-0.39, 0.29) is 5.91 Å².